The average Bonchev–Trinajstić information content (AvgIpc) is 2.96. The molecule has 116 valence electrons. The minimum atomic E-state index is -0.600. The number of nitrogens with zero attached hydrogens (tertiary/aromatic N) is 1. The Morgan fingerprint density at radius 2 is 1.83 bits per heavy atom. The first kappa shape index (κ1) is 15.0. The molecule has 0 aliphatic carbocycles. The van der Waals surface area contributed by atoms with Crippen molar-refractivity contribution in [3.05, 3.63) is 77.4 Å². The van der Waals surface area contributed by atoms with Crippen LogP contribution < -0.4 is 0 Å². The minimum Gasteiger partial charge on any atom is -0.446 e. The first-order valence-electron chi connectivity index (χ1n) is 7.45. The summed E-state index contributed by atoms with van der Waals surface area (Å²) < 4.78 is 5.05. The summed E-state index contributed by atoms with van der Waals surface area (Å²) in [6.07, 6.45) is 2.51. The number of amides is 2. The molecule has 2 aromatic carbocycles. The van der Waals surface area contributed by atoms with E-state index in [1.807, 2.05) is 61.5 Å². The van der Waals surface area contributed by atoms with Crippen molar-refractivity contribution in [1.82, 2.24) is 4.90 Å². The van der Waals surface area contributed by atoms with Crippen LogP contribution in [0, 0.1) is 6.92 Å². The summed E-state index contributed by atoms with van der Waals surface area (Å²) in [6.45, 7) is 2.19. The van der Waals surface area contributed by atoms with E-state index in [-0.39, 0.29) is 18.6 Å². The molecular formula is C19H17NO3. The van der Waals surface area contributed by atoms with Gasteiger partial charge in [-0.25, -0.2) is 9.69 Å². The van der Waals surface area contributed by atoms with Crippen molar-refractivity contribution in [2.45, 2.75) is 13.0 Å². The number of aryl methyl sites for hydroxylation is 1. The predicted octanol–water partition coefficient (Wildman–Crippen LogP) is 3.73. The van der Waals surface area contributed by atoms with Crippen LogP contribution in [-0.4, -0.2) is 23.5 Å². The fourth-order valence-corrected chi connectivity index (χ4v) is 2.51. The smallest absolute Gasteiger partial charge is 0.417 e. The summed E-state index contributed by atoms with van der Waals surface area (Å²) in [5, 5.41) is 0. The molecule has 23 heavy (non-hydrogen) atoms. The van der Waals surface area contributed by atoms with E-state index in [1.54, 1.807) is 6.08 Å². The van der Waals surface area contributed by atoms with Gasteiger partial charge in [0.2, 0.25) is 0 Å². The molecule has 0 saturated carbocycles. The van der Waals surface area contributed by atoms with Crippen LogP contribution >= 0.6 is 0 Å². The molecule has 4 heteroatoms. The zero-order chi connectivity index (χ0) is 16.2. The van der Waals surface area contributed by atoms with Crippen LogP contribution in [0.25, 0.3) is 6.08 Å². The summed E-state index contributed by atoms with van der Waals surface area (Å²) >= 11 is 0. The van der Waals surface area contributed by atoms with Crippen molar-refractivity contribution in [3.63, 3.8) is 0 Å². The lowest BCUT2D eigenvalue weighted by Crippen LogP contribution is -2.32. The Balaban J connectivity index is 1.79. The van der Waals surface area contributed by atoms with Gasteiger partial charge in [0, 0.05) is 6.08 Å². The van der Waals surface area contributed by atoms with Crippen molar-refractivity contribution < 1.29 is 14.3 Å². The van der Waals surface area contributed by atoms with Crippen LogP contribution in [0.5, 0.6) is 0 Å². The quantitative estimate of drug-likeness (QED) is 0.812. The molecule has 1 fully saturated rings. The second-order valence-electron chi connectivity index (χ2n) is 5.46. The van der Waals surface area contributed by atoms with Gasteiger partial charge in [-0.15, -0.1) is 0 Å². The van der Waals surface area contributed by atoms with Crippen LogP contribution in [0.15, 0.2) is 60.7 Å². The molecule has 0 bridgehead atoms. The molecular weight excluding hydrogens is 290 g/mol. The molecule has 0 N–H and O–H groups in total. The van der Waals surface area contributed by atoms with Gasteiger partial charge in [0.25, 0.3) is 5.91 Å². The summed E-state index contributed by atoms with van der Waals surface area (Å²) in [5.74, 6) is -0.373. The molecule has 1 saturated heterocycles. The third kappa shape index (κ3) is 3.31. The molecule has 1 aliphatic rings. The molecule has 2 amide bonds. The van der Waals surface area contributed by atoms with Gasteiger partial charge in [-0.1, -0.05) is 60.2 Å². The van der Waals surface area contributed by atoms with Gasteiger partial charge in [-0.3, -0.25) is 4.79 Å². The number of imide groups is 1. The average molecular weight is 307 g/mol. The third-order valence-corrected chi connectivity index (χ3v) is 3.79. The lowest BCUT2D eigenvalue weighted by atomic mass is 10.1. The second-order valence-corrected chi connectivity index (χ2v) is 5.46. The monoisotopic (exact) mass is 307 g/mol. The van der Waals surface area contributed by atoms with Gasteiger partial charge >= 0.3 is 6.09 Å². The van der Waals surface area contributed by atoms with Gasteiger partial charge in [0.15, 0.2) is 0 Å². The highest BCUT2D eigenvalue weighted by Gasteiger charge is 2.37. The van der Waals surface area contributed by atoms with Gasteiger partial charge in [-0.05, 0) is 24.1 Å². The minimum absolute atomic E-state index is 0.187. The van der Waals surface area contributed by atoms with E-state index in [2.05, 4.69) is 0 Å². The summed E-state index contributed by atoms with van der Waals surface area (Å²) in [7, 11) is 0. The van der Waals surface area contributed by atoms with Crippen molar-refractivity contribution in [1.29, 1.82) is 0 Å². The van der Waals surface area contributed by atoms with E-state index < -0.39 is 6.09 Å². The zero-order valence-electron chi connectivity index (χ0n) is 12.8. The topological polar surface area (TPSA) is 46.6 Å². The van der Waals surface area contributed by atoms with Crippen LogP contribution in [-0.2, 0) is 9.53 Å². The van der Waals surface area contributed by atoms with Crippen LogP contribution in [0.4, 0.5) is 4.79 Å². The van der Waals surface area contributed by atoms with Crippen LogP contribution in [0.1, 0.15) is 22.7 Å². The van der Waals surface area contributed by atoms with Gasteiger partial charge in [-0.2, -0.15) is 0 Å². The Labute approximate surface area is 135 Å². The van der Waals surface area contributed by atoms with Gasteiger partial charge < -0.3 is 4.74 Å². The highest BCUT2D eigenvalue weighted by Crippen LogP contribution is 2.27. The Morgan fingerprint density at radius 1 is 1.13 bits per heavy atom. The maximum atomic E-state index is 12.4. The van der Waals surface area contributed by atoms with Crippen molar-refractivity contribution in [3.8, 4) is 0 Å². The van der Waals surface area contributed by atoms with E-state index in [0.717, 1.165) is 16.7 Å². The van der Waals surface area contributed by atoms with E-state index in [4.69, 9.17) is 4.74 Å². The molecule has 3 rings (SSSR count). The Kier molecular flexibility index (Phi) is 4.24. The second kappa shape index (κ2) is 6.48. The fraction of sp³-hybridized carbons (Fsp3) is 0.158. The number of carbonyl (C=O) groups excluding carboxylic acids is 2. The Bertz CT molecular complexity index is 735. The molecule has 0 aromatic heterocycles. The number of carbonyl (C=O) groups is 2. The maximum Gasteiger partial charge on any atom is 0.417 e. The summed E-state index contributed by atoms with van der Waals surface area (Å²) in [4.78, 5) is 25.5. The third-order valence-electron chi connectivity index (χ3n) is 3.79. The lowest BCUT2D eigenvalue weighted by Gasteiger charge is -2.18. The molecule has 1 aliphatic heterocycles. The summed E-state index contributed by atoms with van der Waals surface area (Å²) in [5.41, 5.74) is 2.95. The SMILES string of the molecule is Cc1ccc(/C=C/C(=O)N2C(=O)OC[C@@H]2c2ccccc2)cc1. The highest BCUT2D eigenvalue weighted by atomic mass is 16.6. The molecule has 2 aromatic rings. The molecule has 1 atom stereocenters. The standard InChI is InChI=1S/C19H17NO3/c1-14-7-9-15(10-8-14)11-12-18(21)20-17(13-23-19(20)22)16-5-3-2-4-6-16/h2-12,17H,13H2,1H3/b12-11+/t17-/m1/s1. The molecule has 0 radical (unpaired) electrons. The Hall–Kier alpha value is -2.88. The Morgan fingerprint density at radius 3 is 2.52 bits per heavy atom. The van der Waals surface area contributed by atoms with Gasteiger partial charge in [0.1, 0.15) is 12.6 Å². The van der Waals surface area contributed by atoms with Crippen LogP contribution in [0.2, 0.25) is 0 Å². The van der Waals surface area contributed by atoms with Crippen molar-refractivity contribution in [2.75, 3.05) is 6.61 Å². The van der Waals surface area contributed by atoms with Crippen molar-refractivity contribution in [2.24, 2.45) is 0 Å². The molecule has 4 nitrogen and oxygen atoms in total. The van der Waals surface area contributed by atoms with E-state index in [9.17, 15) is 9.59 Å². The first-order chi connectivity index (χ1) is 11.1. The number of hydrogen-bond acceptors (Lipinski definition) is 3. The fourth-order valence-electron chi connectivity index (χ4n) is 2.51. The van der Waals surface area contributed by atoms with Gasteiger partial charge in [0.05, 0.1) is 0 Å². The normalized spacial score (nSPS) is 17.5. The molecule has 0 spiro atoms. The number of rotatable bonds is 3. The van der Waals surface area contributed by atoms with E-state index in [0.29, 0.717) is 0 Å². The highest BCUT2D eigenvalue weighted by molar-refractivity contribution is 6.02. The predicted molar refractivity (Wildman–Crippen MR) is 87.6 cm³/mol. The lowest BCUT2D eigenvalue weighted by molar-refractivity contribution is -0.124. The number of hydrogen-bond donors (Lipinski definition) is 0. The number of ether oxygens (including phenoxy) is 1. The molecule has 1 heterocycles. The van der Waals surface area contributed by atoms with E-state index >= 15 is 0 Å². The maximum absolute atomic E-state index is 12.4. The first-order valence-corrected chi connectivity index (χ1v) is 7.45. The van der Waals surface area contributed by atoms with E-state index in [1.165, 1.54) is 11.0 Å². The molecule has 0 unspecified atom stereocenters. The zero-order valence-corrected chi connectivity index (χ0v) is 12.8. The van der Waals surface area contributed by atoms with Crippen LogP contribution in [0.3, 0.4) is 0 Å². The number of benzene rings is 2. The largest absolute Gasteiger partial charge is 0.446 e. The number of cyclic esters (lactones) is 1. The van der Waals surface area contributed by atoms with Crippen molar-refractivity contribution >= 4 is 18.1 Å². The summed E-state index contributed by atoms with van der Waals surface area (Å²) in [6, 6.07) is 16.8.